The van der Waals surface area contributed by atoms with Crippen LogP contribution in [0.25, 0.3) is 0 Å². The summed E-state index contributed by atoms with van der Waals surface area (Å²) in [5, 5.41) is 39.4. The van der Waals surface area contributed by atoms with Gasteiger partial charge in [0.2, 0.25) is 0 Å². The largest absolute Gasteiger partial charge is 0.488 e. The van der Waals surface area contributed by atoms with Crippen LogP contribution in [0.4, 0.5) is 4.39 Å². The van der Waals surface area contributed by atoms with Crippen LogP contribution in [-0.2, 0) is 24.3 Å². The number of aryl methyl sites for hydroxylation is 2. The third-order valence-corrected chi connectivity index (χ3v) is 10.5. The predicted molar refractivity (Wildman–Crippen MR) is 219 cm³/mol. The van der Waals surface area contributed by atoms with Crippen molar-refractivity contribution >= 4 is 60.3 Å². The zero-order valence-electron chi connectivity index (χ0n) is 30.3. The Bertz CT molecular complexity index is 2190. The molecular weight excluding hydrogens is 733 g/mol. The van der Waals surface area contributed by atoms with E-state index >= 15 is 0 Å². The second-order valence-electron chi connectivity index (χ2n) is 12.8. The van der Waals surface area contributed by atoms with Gasteiger partial charge in [-0.15, -0.1) is 23.5 Å². The number of rotatable bonds is 14. The molecule has 0 aliphatic heterocycles. The van der Waals surface area contributed by atoms with Crippen molar-refractivity contribution in [3.63, 3.8) is 0 Å². The molecule has 0 unspecified atom stereocenters. The summed E-state index contributed by atoms with van der Waals surface area (Å²) in [7, 11) is -3.01. The standard InChI is InChI=1S/C22H22BNO3S.C20H17BFNO3S/c1-15-3-6-17(7-4-15)12-21(25)18-8-10-22(24-13-18)28-14-19-11-16(2)5-9-20(19)23(26)27;22-17-8-5-14(6-9-17)11-19(24)15-7-10-20(23-12-15)27-13-16-3-1-2-4-18(16)21(25)26/h3-11,13,26-27H,12,14H2,1-2H3;1-10,12,25-26H,11,13H2. The van der Waals surface area contributed by atoms with Gasteiger partial charge in [0.15, 0.2) is 11.6 Å². The zero-order chi connectivity index (χ0) is 39.3. The Labute approximate surface area is 329 Å². The molecular formula is C42H39B2FN2O6S2. The first-order valence-electron chi connectivity index (χ1n) is 17.4. The molecule has 6 aromatic rings. The van der Waals surface area contributed by atoms with Crippen LogP contribution in [0.15, 0.2) is 138 Å². The molecule has 8 nitrogen and oxygen atoms in total. The molecule has 0 aliphatic rings. The molecule has 4 N–H and O–H groups in total. The number of ketones is 2. The van der Waals surface area contributed by atoms with Crippen molar-refractivity contribution in [1.29, 1.82) is 0 Å². The van der Waals surface area contributed by atoms with Gasteiger partial charge in [0.25, 0.3) is 0 Å². The molecule has 0 amide bonds. The lowest BCUT2D eigenvalue weighted by Gasteiger charge is -2.10. The van der Waals surface area contributed by atoms with E-state index in [0.29, 0.717) is 40.0 Å². The van der Waals surface area contributed by atoms with E-state index in [0.717, 1.165) is 37.9 Å². The lowest BCUT2D eigenvalue weighted by molar-refractivity contribution is 0.0984. The highest BCUT2D eigenvalue weighted by atomic mass is 32.2. The maximum atomic E-state index is 12.9. The number of aromatic nitrogens is 2. The number of nitrogens with zero attached hydrogens (tertiary/aromatic N) is 2. The zero-order valence-corrected chi connectivity index (χ0v) is 31.9. The van der Waals surface area contributed by atoms with Gasteiger partial charge >= 0.3 is 14.2 Å². The molecule has 0 radical (unpaired) electrons. The fourth-order valence-electron chi connectivity index (χ4n) is 5.48. The summed E-state index contributed by atoms with van der Waals surface area (Å²) in [6.45, 7) is 3.99. The van der Waals surface area contributed by atoms with Crippen molar-refractivity contribution in [2.45, 2.75) is 48.2 Å². The van der Waals surface area contributed by atoms with E-state index in [-0.39, 0.29) is 23.8 Å². The van der Waals surface area contributed by atoms with E-state index in [1.807, 2.05) is 68.4 Å². The maximum Gasteiger partial charge on any atom is 0.488 e. The van der Waals surface area contributed by atoms with Gasteiger partial charge in [-0.2, -0.15) is 0 Å². The van der Waals surface area contributed by atoms with E-state index in [1.54, 1.807) is 54.7 Å². The molecule has 0 spiro atoms. The Hall–Kier alpha value is -4.88. The summed E-state index contributed by atoms with van der Waals surface area (Å²) in [6, 6.07) is 33.6. The number of hydrogen-bond acceptors (Lipinski definition) is 10. The molecule has 13 heteroatoms. The van der Waals surface area contributed by atoms with Crippen LogP contribution in [0.3, 0.4) is 0 Å². The predicted octanol–water partition coefficient (Wildman–Crippen LogP) is 5.71. The minimum atomic E-state index is -1.51. The fourth-order valence-corrected chi connectivity index (χ4v) is 7.18. The highest BCUT2D eigenvalue weighted by Crippen LogP contribution is 2.23. The summed E-state index contributed by atoms with van der Waals surface area (Å²) in [4.78, 5) is 33.4. The Morgan fingerprint density at radius 2 is 1.05 bits per heavy atom. The first kappa shape index (κ1) is 41.3. The van der Waals surface area contributed by atoms with Crippen LogP contribution < -0.4 is 10.9 Å². The Kier molecular flexibility index (Phi) is 15.1. The smallest absolute Gasteiger partial charge is 0.423 e. The van der Waals surface area contributed by atoms with Crippen LogP contribution in [0.2, 0.25) is 0 Å². The van der Waals surface area contributed by atoms with E-state index in [4.69, 9.17) is 0 Å². The molecule has 278 valence electrons. The van der Waals surface area contributed by atoms with Crippen LogP contribution in [0.1, 0.15) is 54.1 Å². The van der Waals surface area contributed by atoms with Gasteiger partial charge in [-0.1, -0.05) is 90.0 Å². The van der Waals surface area contributed by atoms with Crippen molar-refractivity contribution in [3.8, 4) is 0 Å². The van der Waals surface area contributed by atoms with Crippen LogP contribution in [-0.4, -0.2) is 55.9 Å². The number of carbonyl (C=O) groups excluding carboxylic acids is 2. The SMILES string of the molecule is Cc1ccc(CC(=O)c2ccc(SCc3cc(C)ccc3B(O)O)nc2)cc1.O=C(Cc1ccc(F)cc1)c1ccc(SCc2ccccc2B(O)O)nc1. The van der Waals surface area contributed by atoms with Crippen molar-refractivity contribution in [1.82, 2.24) is 9.97 Å². The van der Waals surface area contributed by atoms with Gasteiger partial charge in [0.05, 0.1) is 10.1 Å². The minimum absolute atomic E-state index is 0.0391. The number of carbonyl (C=O) groups is 2. The second kappa shape index (κ2) is 20.2. The molecule has 0 fully saturated rings. The molecule has 0 bridgehead atoms. The lowest BCUT2D eigenvalue weighted by Crippen LogP contribution is -2.32. The van der Waals surface area contributed by atoms with E-state index < -0.39 is 14.2 Å². The van der Waals surface area contributed by atoms with Crippen LogP contribution in [0.5, 0.6) is 0 Å². The number of halogens is 1. The topological polar surface area (TPSA) is 141 Å². The number of thioether (sulfide) groups is 2. The Morgan fingerprint density at radius 3 is 1.56 bits per heavy atom. The normalized spacial score (nSPS) is 10.7. The molecule has 2 aromatic heterocycles. The third kappa shape index (κ3) is 12.6. The molecule has 0 aliphatic carbocycles. The summed E-state index contributed by atoms with van der Waals surface area (Å²) in [5.74, 6) is 0.725. The molecule has 4 aromatic carbocycles. The van der Waals surface area contributed by atoms with Crippen molar-refractivity contribution in [2.75, 3.05) is 0 Å². The molecule has 0 saturated heterocycles. The van der Waals surface area contributed by atoms with Gasteiger partial charge in [-0.3, -0.25) is 9.59 Å². The second-order valence-corrected chi connectivity index (χ2v) is 14.8. The average molecular weight is 773 g/mol. The number of benzene rings is 4. The highest BCUT2D eigenvalue weighted by molar-refractivity contribution is 7.98. The first-order valence-corrected chi connectivity index (χ1v) is 19.4. The van der Waals surface area contributed by atoms with Crippen molar-refractivity contribution < 1.29 is 34.1 Å². The Balaban J connectivity index is 0.000000211. The number of Topliss-reactive ketones (excluding diaryl/α,β-unsaturated/α-hetero) is 2. The van der Waals surface area contributed by atoms with E-state index in [2.05, 4.69) is 9.97 Å². The molecule has 0 saturated carbocycles. The van der Waals surface area contributed by atoms with Gasteiger partial charge in [0, 0.05) is 47.9 Å². The highest BCUT2D eigenvalue weighted by Gasteiger charge is 2.17. The van der Waals surface area contributed by atoms with Crippen molar-refractivity contribution in [3.05, 3.63) is 178 Å². The van der Waals surface area contributed by atoms with Gasteiger partial charge in [-0.25, -0.2) is 14.4 Å². The van der Waals surface area contributed by atoms with Crippen LogP contribution in [0, 0.1) is 19.7 Å². The van der Waals surface area contributed by atoms with E-state index in [1.165, 1.54) is 47.4 Å². The quantitative estimate of drug-likeness (QED) is 0.0618. The summed E-state index contributed by atoms with van der Waals surface area (Å²) < 4.78 is 12.9. The summed E-state index contributed by atoms with van der Waals surface area (Å²) in [5.41, 5.74) is 7.70. The number of hydrogen-bond donors (Lipinski definition) is 4. The molecule has 0 atom stereocenters. The average Bonchev–Trinajstić information content (AvgIpc) is 3.18. The fraction of sp³-hybridized carbons (Fsp3) is 0.143. The third-order valence-electron chi connectivity index (χ3n) is 8.54. The van der Waals surface area contributed by atoms with Crippen LogP contribution >= 0.6 is 23.5 Å². The van der Waals surface area contributed by atoms with E-state index in [9.17, 15) is 34.1 Å². The number of pyridine rings is 2. The van der Waals surface area contributed by atoms with Crippen molar-refractivity contribution in [2.24, 2.45) is 0 Å². The van der Waals surface area contributed by atoms with Gasteiger partial charge in [0.1, 0.15) is 5.82 Å². The Morgan fingerprint density at radius 1 is 0.582 bits per heavy atom. The van der Waals surface area contributed by atoms with Gasteiger partial charge in [-0.05, 0) is 83.4 Å². The minimum Gasteiger partial charge on any atom is -0.423 e. The summed E-state index contributed by atoms with van der Waals surface area (Å²) in [6.07, 6.45) is 3.68. The molecule has 55 heavy (non-hydrogen) atoms. The lowest BCUT2D eigenvalue weighted by atomic mass is 9.77. The first-order chi connectivity index (χ1) is 26.4. The van der Waals surface area contributed by atoms with Gasteiger partial charge < -0.3 is 20.1 Å². The molecule has 2 heterocycles. The summed E-state index contributed by atoms with van der Waals surface area (Å²) >= 11 is 2.94. The maximum absolute atomic E-state index is 12.9. The molecule has 6 rings (SSSR count). The monoisotopic (exact) mass is 772 g/mol.